The summed E-state index contributed by atoms with van der Waals surface area (Å²) in [5.41, 5.74) is 0.831. The van der Waals surface area contributed by atoms with Crippen LogP contribution in [0.2, 0.25) is 0 Å². The Balaban J connectivity index is 2.23. The van der Waals surface area contributed by atoms with Gasteiger partial charge in [0.05, 0.1) is 0 Å². The van der Waals surface area contributed by atoms with Crippen LogP contribution in [0.15, 0.2) is 24.5 Å². The van der Waals surface area contributed by atoms with Gasteiger partial charge in [-0.05, 0) is 30.2 Å². The van der Waals surface area contributed by atoms with Gasteiger partial charge in [0, 0.05) is 25.0 Å². The summed E-state index contributed by atoms with van der Waals surface area (Å²) >= 11 is 0. The van der Waals surface area contributed by atoms with Gasteiger partial charge in [-0.15, -0.1) is 0 Å². The molecule has 2 aromatic rings. The molecule has 2 heterocycles. The molecule has 0 aliphatic rings. The molecule has 0 aromatic carbocycles. The zero-order chi connectivity index (χ0) is 15.6. The van der Waals surface area contributed by atoms with Crippen LogP contribution >= 0.6 is 0 Å². The third-order valence-corrected chi connectivity index (χ3v) is 2.92. The van der Waals surface area contributed by atoms with Crippen LogP contribution in [0.4, 0.5) is 13.2 Å². The maximum absolute atomic E-state index is 12.6. The molecule has 0 amide bonds. The fraction of sp³-hybridized carbons (Fsp3) is 0.429. The summed E-state index contributed by atoms with van der Waals surface area (Å²) in [5, 5.41) is 6.79. The monoisotopic (exact) mass is 298 g/mol. The summed E-state index contributed by atoms with van der Waals surface area (Å²) in [5.74, 6) is 0.402. The first-order valence-corrected chi connectivity index (χ1v) is 6.59. The number of alkyl halides is 3. The van der Waals surface area contributed by atoms with Gasteiger partial charge in [0.15, 0.2) is 11.5 Å². The molecule has 1 N–H and O–H groups in total. The number of aromatic nitrogens is 3. The van der Waals surface area contributed by atoms with Crippen LogP contribution in [0.1, 0.15) is 30.7 Å². The zero-order valence-corrected chi connectivity index (χ0v) is 12.1. The number of nitrogens with one attached hydrogen (secondary N) is 1. The average Bonchev–Trinajstić information content (AvgIpc) is 2.85. The molecule has 4 nitrogen and oxygen atoms in total. The van der Waals surface area contributed by atoms with E-state index < -0.39 is 11.9 Å². The zero-order valence-electron chi connectivity index (χ0n) is 12.1. The van der Waals surface area contributed by atoms with Crippen molar-refractivity contribution in [2.45, 2.75) is 39.5 Å². The van der Waals surface area contributed by atoms with Crippen molar-refractivity contribution in [3.05, 3.63) is 41.3 Å². The highest BCUT2D eigenvalue weighted by Gasteiger charge is 2.33. The van der Waals surface area contributed by atoms with Crippen LogP contribution in [0.5, 0.6) is 0 Å². The number of hydrogen-bond donors (Lipinski definition) is 1. The van der Waals surface area contributed by atoms with E-state index in [-0.39, 0.29) is 0 Å². The van der Waals surface area contributed by atoms with E-state index in [1.807, 2.05) is 19.9 Å². The molecule has 2 rings (SSSR count). The van der Waals surface area contributed by atoms with Crippen molar-refractivity contribution in [2.24, 2.45) is 0 Å². The summed E-state index contributed by atoms with van der Waals surface area (Å²) in [4.78, 5) is 4.21. The molecule has 0 bridgehead atoms. The molecule has 0 aliphatic heterocycles. The van der Waals surface area contributed by atoms with Gasteiger partial charge in [0.1, 0.15) is 0 Å². The number of aryl methyl sites for hydroxylation is 1. The summed E-state index contributed by atoms with van der Waals surface area (Å²) < 4.78 is 38.8. The van der Waals surface area contributed by atoms with Crippen LogP contribution in [-0.4, -0.2) is 20.8 Å². The van der Waals surface area contributed by atoms with Gasteiger partial charge in [-0.3, -0.25) is 0 Å². The first kappa shape index (κ1) is 15.5. The van der Waals surface area contributed by atoms with E-state index in [4.69, 9.17) is 0 Å². The number of rotatable bonds is 4. The van der Waals surface area contributed by atoms with Crippen molar-refractivity contribution >= 4 is 0 Å². The predicted octanol–water partition coefficient (Wildman–Crippen LogP) is 3.09. The highest BCUT2D eigenvalue weighted by molar-refractivity contribution is 5.35. The minimum Gasteiger partial charge on any atom is -0.310 e. The third kappa shape index (κ3) is 3.81. The molecule has 114 valence electrons. The Morgan fingerprint density at radius 1 is 1.33 bits per heavy atom. The Hall–Kier alpha value is -1.89. The molecule has 0 saturated heterocycles. The van der Waals surface area contributed by atoms with E-state index in [1.165, 1.54) is 6.20 Å². The fourth-order valence-corrected chi connectivity index (χ4v) is 1.88. The third-order valence-electron chi connectivity index (χ3n) is 2.92. The summed E-state index contributed by atoms with van der Waals surface area (Å²) in [6.07, 6.45) is -1.53. The van der Waals surface area contributed by atoms with Crippen molar-refractivity contribution < 1.29 is 13.2 Å². The molecular weight excluding hydrogens is 281 g/mol. The van der Waals surface area contributed by atoms with E-state index in [2.05, 4.69) is 15.4 Å². The van der Waals surface area contributed by atoms with Gasteiger partial charge in [0.2, 0.25) is 0 Å². The Bertz CT molecular complexity index is 617. The van der Waals surface area contributed by atoms with Crippen molar-refractivity contribution in [3.63, 3.8) is 0 Å². The lowest BCUT2D eigenvalue weighted by Gasteiger charge is -2.10. The summed E-state index contributed by atoms with van der Waals surface area (Å²) in [6.45, 7) is 6.54. The standard InChI is InChI=1S/C14H17F3N4/c1-9(2)18-7-11-6-10(3)13(19-8-11)21-5-4-12(20-21)14(15,16)17/h4-6,8-9,18H,7H2,1-3H3. The van der Waals surface area contributed by atoms with E-state index in [1.54, 1.807) is 13.1 Å². The molecule has 0 fully saturated rings. The highest BCUT2D eigenvalue weighted by atomic mass is 19.4. The lowest BCUT2D eigenvalue weighted by molar-refractivity contribution is -0.141. The molecule has 7 heteroatoms. The van der Waals surface area contributed by atoms with Crippen LogP contribution in [0, 0.1) is 6.92 Å². The molecule has 0 radical (unpaired) electrons. The maximum Gasteiger partial charge on any atom is 0.435 e. The van der Waals surface area contributed by atoms with Gasteiger partial charge < -0.3 is 5.32 Å². The van der Waals surface area contributed by atoms with Crippen LogP contribution in [0.3, 0.4) is 0 Å². The summed E-state index contributed by atoms with van der Waals surface area (Å²) in [7, 11) is 0. The fourth-order valence-electron chi connectivity index (χ4n) is 1.88. The van der Waals surface area contributed by atoms with Crippen LogP contribution < -0.4 is 5.32 Å². The molecule has 0 unspecified atom stereocenters. The Morgan fingerprint density at radius 3 is 2.57 bits per heavy atom. The molecule has 0 spiro atoms. The second kappa shape index (κ2) is 5.85. The largest absolute Gasteiger partial charge is 0.435 e. The average molecular weight is 298 g/mol. The maximum atomic E-state index is 12.6. The molecule has 2 aromatic heterocycles. The minimum atomic E-state index is -4.44. The Labute approximate surface area is 121 Å². The second-order valence-corrected chi connectivity index (χ2v) is 5.16. The molecule has 0 atom stereocenters. The molecule has 21 heavy (non-hydrogen) atoms. The SMILES string of the molecule is Cc1cc(CNC(C)C)cnc1-n1ccc(C(F)(F)F)n1. The molecule has 0 saturated carbocycles. The highest BCUT2D eigenvalue weighted by Crippen LogP contribution is 2.28. The van der Waals surface area contributed by atoms with Crippen molar-refractivity contribution in [3.8, 4) is 5.82 Å². The lowest BCUT2D eigenvalue weighted by Crippen LogP contribution is -2.22. The van der Waals surface area contributed by atoms with Crippen LogP contribution in [-0.2, 0) is 12.7 Å². The Morgan fingerprint density at radius 2 is 2.05 bits per heavy atom. The molecule has 0 aliphatic carbocycles. The van der Waals surface area contributed by atoms with E-state index in [9.17, 15) is 13.2 Å². The van der Waals surface area contributed by atoms with E-state index in [0.29, 0.717) is 18.4 Å². The summed E-state index contributed by atoms with van der Waals surface area (Å²) in [6, 6.07) is 3.19. The van der Waals surface area contributed by atoms with Gasteiger partial charge in [-0.1, -0.05) is 13.8 Å². The number of hydrogen-bond acceptors (Lipinski definition) is 3. The van der Waals surface area contributed by atoms with E-state index >= 15 is 0 Å². The quantitative estimate of drug-likeness (QED) is 0.943. The minimum absolute atomic E-state index is 0.352. The van der Waals surface area contributed by atoms with Crippen molar-refractivity contribution in [2.75, 3.05) is 0 Å². The van der Waals surface area contributed by atoms with Gasteiger partial charge in [-0.25, -0.2) is 9.67 Å². The normalized spacial score (nSPS) is 12.1. The van der Waals surface area contributed by atoms with Gasteiger partial charge in [-0.2, -0.15) is 18.3 Å². The van der Waals surface area contributed by atoms with Crippen molar-refractivity contribution in [1.82, 2.24) is 20.1 Å². The first-order valence-electron chi connectivity index (χ1n) is 6.59. The van der Waals surface area contributed by atoms with Gasteiger partial charge >= 0.3 is 6.18 Å². The van der Waals surface area contributed by atoms with E-state index in [0.717, 1.165) is 21.9 Å². The lowest BCUT2D eigenvalue weighted by atomic mass is 10.2. The topological polar surface area (TPSA) is 42.7 Å². The predicted molar refractivity (Wildman–Crippen MR) is 73.1 cm³/mol. The second-order valence-electron chi connectivity index (χ2n) is 5.16. The smallest absolute Gasteiger partial charge is 0.310 e. The van der Waals surface area contributed by atoms with Crippen LogP contribution in [0.25, 0.3) is 5.82 Å². The number of nitrogens with zero attached hydrogens (tertiary/aromatic N) is 3. The number of halogens is 3. The first-order chi connectivity index (χ1) is 9.77. The van der Waals surface area contributed by atoms with Crippen molar-refractivity contribution in [1.29, 1.82) is 0 Å². The molecular formula is C14H17F3N4. The van der Waals surface area contributed by atoms with Gasteiger partial charge in [0.25, 0.3) is 0 Å². The Kier molecular flexibility index (Phi) is 4.32. The number of pyridine rings is 1.